The van der Waals surface area contributed by atoms with E-state index in [1.807, 2.05) is 66.7 Å². The van der Waals surface area contributed by atoms with Crippen LogP contribution in [-0.4, -0.2) is 19.5 Å². The van der Waals surface area contributed by atoms with Gasteiger partial charge in [-0.1, -0.05) is 153 Å². The highest BCUT2D eigenvalue weighted by molar-refractivity contribution is 6.26. The highest BCUT2D eigenvalue weighted by Gasteiger charge is 2.26. The Morgan fingerprint density at radius 3 is 1.95 bits per heavy atom. The van der Waals surface area contributed by atoms with E-state index in [0.29, 0.717) is 23.4 Å². The van der Waals surface area contributed by atoms with Crippen LogP contribution in [0.3, 0.4) is 0 Å². The fourth-order valence-electron chi connectivity index (χ4n) is 9.33. The normalized spacial score (nSPS) is 14.1. The van der Waals surface area contributed by atoms with E-state index < -0.39 is 0 Å². The molecule has 0 radical (unpaired) electrons. The van der Waals surface area contributed by atoms with Gasteiger partial charge in [-0.15, -0.1) is 0 Å². The van der Waals surface area contributed by atoms with Gasteiger partial charge in [-0.2, -0.15) is 0 Å². The first-order valence-corrected chi connectivity index (χ1v) is 19.6. The van der Waals surface area contributed by atoms with Crippen molar-refractivity contribution in [2.24, 2.45) is 0 Å². The monoisotopic (exact) mass is 730 g/mol. The summed E-state index contributed by atoms with van der Waals surface area (Å²) in [7, 11) is 0. The van der Waals surface area contributed by atoms with Crippen molar-refractivity contribution in [3.8, 4) is 39.9 Å². The number of fused-ring (bicyclic) bond motifs is 12. The van der Waals surface area contributed by atoms with Crippen molar-refractivity contribution in [2.75, 3.05) is 0 Å². The van der Waals surface area contributed by atoms with Crippen LogP contribution in [0.5, 0.6) is 0 Å². The Morgan fingerprint density at radius 2 is 1.18 bits per heavy atom. The standard InChI is InChI=1S/C52H34N4O/c1-31-14-12-20-33-27-29-41-49(45(31)33)46-36-21-9-8-15-32(36)26-28-40(46)56(41)42-30-44-47(38-23-11-10-22-37(38)42)48-39(24-13-25-43(48)57-44)52-54-50(34-16-4-2-5-17-34)53-51(55-52)35-18-6-3-7-19-35/h2-13,15-31H,14H2,1H3. The maximum absolute atomic E-state index is 6.90. The van der Waals surface area contributed by atoms with Gasteiger partial charge in [0.1, 0.15) is 11.2 Å². The summed E-state index contributed by atoms with van der Waals surface area (Å²) in [6, 6.07) is 55.4. The summed E-state index contributed by atoms with van der Waals surface area (Å²) in [5, 5.41) is 9.45. The summed E-state index contributed by atoms with van der Waals surface area (Å²) >= 11 is 0. The molecular formula is C52H34N4O. The van der Waals surface area contributed by atoms with Gasteiger partial charge in [-0.05, 0) is 57.8 Å². The van der Waals surface area contributed by atoms with Crippen molar-refractivity contribution >= 4 is 71.4 Å². The second-order valence-electron chi connectivity index (χ2n) is 15.2. The molecule has 5 heteroatoms. The lowest BCUT2D eigenvalue weighted by Gasteiger charge is -2.20. The van der Waals surface area contributed by atoms with Crippen LogP contribution in [-0.2, 0) is 0 Å². The highest BCUT2D eigenvalue weighted by Crippen LogP contribution is 2.47. The Balaban J connectivity index is 1.17. The van der Waals surface area contributed by atoms with Gasteiger partial charge in [0.2, 0.25) is 0 Å². The van der Waals surface area contributed by atoms with Gasteiger partial charge >= 0.3 is 0 Å². The summed E-state index contributed by atoms with van der Waals surface area (Å²) < 4.78 is 9.37. The Kier molecular flexibility index (Phi) is 6.90. The molecule has 11 aromatic rings. The first-order chi connectivity index (χ1) is 28.2. The third-order valence-electron chi connectivity index (χ3n) is 11.8. The van der Waals surface area contributed by atoms with E-state index in [4.69, 9.17) is 19.4 Å². The number of aromatic nitrogens is 4. The van der Waals surface area contributed by atoms with Crippen molar-refractivity contribution in [1.82, 2.24) is 19.5 Å². The maximum atomic E-state index is 6.90. The summed E-state index contributed by atoms with van der Waals surface area (Å²) in [5.41, 5.74) is 10.6. The number of benzene rings is 8. The van der Waals surface area contributed by atoms with Gasteiger partial charge in [0.15, 0.2) is 17.5 Å². The molecule has 268 valence electrons. The predicted molar refractivity (Wildman–Crippen MR) is 235 cm³/mol. The van der Waals surface area contributed by atoms with Gasteiger partial charge in [0.25, 0.3) is 0 Å². The number of rotatable bonds is 4. The summed E-state index contributed by atoms with van der Waals surface area (Å²) in [6.07, 6.45) is 5.64. The Labute approximate surface area is 328 Å². The van der Waals surface area contributed by atoms with Crippen LogP contribution in [0.2, 0.25) is 0 Å². The highest BCUT2D eigenvalue weighted by atomic mass is 16.3. The molecule has 5 nitrogen and oxygen atoms in total. The topological polar surface area (TPSA) is 56.7 Å². The van der Waals surface area contributed by atoms with Crippen LogP contribution >= 0.6 is 0 Å². The molecular weight excluding hydrogens is 697 g/mol. The minimum absolute atomic E-state index is 0.403. The molecule has 0 saturated heterocycles. The van der Waals surface area contributed by atoms with E-state index in [0.717, 1.165) is 61.5 Å². The van der Waals surface area contributed by atoms with Crippen LogP contribution in [0.25, 0.3) is 111 Å². The Bertz CT molecular complexity index is 3390. The molecule has 0 spiro atoms. The second kappa shape index (κ2) is 12.3. The molecule has 0 N–H and O–H groups in total. The van der Waals surface area contributed by atoms with Crippen molar-refractivity contribution in [3.05, 3.63) is 175 Å². The first-order valence-electron chi connectivity index (χ1n) is 19.6. The van der Waals surface area contributed by atoms with Crippen molar-refractivity contribution in [3.63, 3.8) is 0 Å². The maximum Gasteiger partial charge on any atom is 0.164 e. The SMILES string of the molecule is CC1CC=Cc2ccc3c(c21)c1c2ccccc2ccc1n3-c1cc2oc3cccc(-c4nc(-c5ccccc5)nc(-c5ccccc5)n4)c3c2c2ccccc12. The number of nitrogens with zero attached hydrogens (tertiary/aromatic N) is 4. The molecule has 1 aliphatic carbocycles. The summed E-state index contributed by atoms with van der Waals surface area (Å²) in [5.74, 6) is 2.26. The third kappa shape index (κ3) is 4.79. The summed E-state index contributed by atoms with van der Waals surface area (Å²) in [4.78, 5) is 15.2. The quantitative estimate of drug-likeness (QED) is 0.181. The largest absolute Gasteiger partial charge is 0.456 e. The minimum atomic E-state index is 0.403. The molecule has 0 fully saturated rings. The van der Waals surface area contributed by atoms with Crippen molar-refractivity contribution in [1.29, 1.82) is 0 Å². The van der Waals surface area contributed by atoms with Crippen molar-refractivity contribution < 1.29 is 4.42 Å². The average Bonchev–Trinajstić information content (AvgIpc) is 3.83. The van der Waals surface area contributed by atoms with E-state index in [9.17, 15) is 0 Å². The second-order valence-corrected chi connectivity index (χ2v) is 15.2. The zero-order valence-electron chi connectivity index (χ0n) is 31.1. The van der Waals surface area contributed by atoms with E-state index in [1.54, 1.807) is 0 Å². The molecule has 0 amide bonds. The van der Waals surface area contributed by atoms with Crippen molar-refractivity contribution in [2.45, 2.75) is 19.3 Å². The molecule has 3 heterocycles. The van der Waals surface area contributed by atoms with E-state index >= 15 is 0 Å². The van der Waals surface area contributed by atoms with E-state index in [2.05, 4.69) is 115 Å². The van der Waals surface area contributed by atoms with Gasteiger partial charge in [0.05, 0.1) is 16.7 Å². The first kappa shape index (κ1) is 31.9. The van der Waals surface area contributed by atoms with Crippen LogP contribution in [0.1, 0.15) is 30.4 Å². The molecule has 1 unspecified atom stereocenters. The average molecular weight is 731 g/mol. The van der Waals surface area contributed by atoms with Crippen LogP contribution in [0, 0.1) is 0 Å². The molecule has 1 aliphatic rings. The zero-order valence-corrected chi connectivity index (χ0v) is 31.1. The Hall–Kier alpha value is -7.37. The van der Waals surface area contributed by atoms with Gasteiger partial charge in [-0.25, -0.2) is 15.0 Å². The molecule has 0 saturated carbocycles. The number of furan rings is 1. The predicted octanol–water partition coefficient (Wildman–Crippen LogP) is 13.7. The smallest absolute Gasteiger partial charge is 0.164 e. The molecule has 12 rings (SSSR count). The van der Waals surface area contributed by atoms with E-state index in [1.165, 1.54) is 43.7 Å². The van der Waals surface area contributed by atoms with Crippen LogP contribution < -0.4 is 0 Å². The van der Waals surface area contributed by atoms with Crippen LogP contribution in [0.15, 0.2) is 168 Å². The molecule has 1 atom stereocenters. The molecule has 57 heavy (non-hydrogen) atoms. The van der Waals surface area contributed by atoms with E-state index in [-0.39, 0.29) is 0 Å². The lowest BCUT2D eigenvalue weighted by atomic mass is 9.85. The van der Waals surface area contributed by atoms with Gasteiger partial charge < -0.3 is 8.98 Å². The molecule has 0 aliphatic heterocycles. The fourth-order valence-corrected chi connectivity index (χ4v) is 9.33. The van der Waals surface area contributed by atoms with Crippen LogP contribution in [0.4, 0.5) is 0 Å². The Morgan fingerprint density at radius 1 is 0.526 bits per heavy atom. The third-order valence-corrected chi connectivity index (χ3v) is 11.8. The van der Waals surface area contributed by atoms with Gasteiger partial charge in [-0.3, -0.25) is 0 Å². The minimum Gasteiger partial charge on any atom is -0.456 e. The number of hydrogen-bond donors (Lipinski definition) is 0. The lowest BCUT2D eigenvalue weighted by Crippen LogP contribution is -2.01. The summed E-state index contributed by atoms with van der Waals surface area (Å²) in [6.45, 7) is 2.36. The zero-order chi connectivity index (χ0) is 37.6. The molecule has 3 aromatic heterocycles. The number of hydrogen-bond acceptors (Lipinski definition) is 4. The molecule has 8 aromatic carbocycles. The fraction of sp³-hybridized carbons (Fsp3) is 0.0577. The lowest BCUT2D eigenvalue weighted by molar-refractivity contribution is 0.669. The van der Waals surface area contributed by atoms with Gasteiger partial charge in [0, 0.05) is 49.7 Å². The molecule has 0 bridgehead atoms. The number of allylic oxidation sites excluding steroid dienone is 1.